The number of carbonyl (C=O) groups is 1. The number of ketones is 1. The van der Waals surface area contributed by atoms with Crippen molar-refractivity contribution in [2.24, 2.45) is 0 Å². The lowest BCUT2D eigenvalue weighted by Gasteiger charge is -2.13. The molecule has 0 aliphatic heterocycles. The number of carbonyl (C=O) groups excluding carboxylic acids is 1. The zero-order valence-electron chi connectivity index (χ0n) is 13.7. The fraction of sp³-hybridized carbons (Fsp3) is 0. The quantitative estimate of drug-likeness (QED) is 0.291. The van der Waals surface area contributed by atoms with E-state index >= 15 is 0 Å². The third kappa shape index (κ3) is 3.13. The number of halogens is 2. The van der Waals surface area contributed by atoms with Gasteiger partial charge in [0.2, 0.25) is 0 Å². The van der Waals surface area contributed by atoms with Crippen LogP contribution in [0.5, 0.6) is 0 Å². The molecule has 4 aromatic carbocycles. The van der Waals surface area contributed by atoms with E-state index in [0.29, 0.717) is 11.1 Å². The summed E-state index contributed by atoms with van der Waals surface area (Å²) in [7, 11) is 0. The van der Waals surface area contributed by atoms with Gasteiger partial charge in [0, 0.05) is 20.1 Å². The van der Waals surface area contributed by atoms with E-state index in [-0.39, 0.29) is 5.78 Å². The fourth-order valence-corrected chi connectivity index (χ4v) is 4.03. The monoisotopic (exact) mass is 464 g/mol. The maximum absolute atomic E-state index is 13.3. The van der Waals surface area contributed by atoms with E-state index < -0.39 is 0 Å². The molecule has 0 saturated heterocycles. The van der Waals surface area contributed by atoms with Crippen LogP contribution >= 0.6 is 31.9 Å². The number of hydrogen-bond acceptors (Lipinski definition) is 1. The van der Waals surface area contributed by atoms with Gasteiger partial charge in [-0.05, 0) is 46.2 Å². The Morgan fingerprint density at radius 3 is 1.81 bits per heavy atom. The molecule has 0 radical (unpaired) electrons. The van der Waals surface area contributed by atoms with Crippen molar-refractivity contribution in [3.63, 3.8) is 0 Å². The number of benzene rings is 4. The van der Waals surface area contributed by atoms with E-state index in [4.69, 9.17) is 0 Å². The van der Waals surface area contributed by atoms with E-state index in [9.17, 15) is 4.79 Å². The van der Waals surface area contributed by atoms with Gasteiger partial charge in [-0.25, -0.2) is 0 Å². The zero-order valence-corrected chi connectivity index (χ0v) is 16.9. The molecule has 0 aliphatic rings. The molecule has 0 N–H and O–H groups in total. The SMILES string of the molecule is O=C(c1ccccc1)c1cc2c(Br)ccc(Br)c2cc1-c1ccccc1. The molecule has 0 atom stereocenters. The summed E-state index contributed by atoms with van der Waals surface area (Å²) in [4.78, 5) is 13.3. The lowest BCUT2D eigenvalue weighted by atomic mass is 9.91. The molecule has 0 aromatic heterocycles. The summed E-state index contributed by atoms with van der Waals surface area (Å²) in [5.41, 5.74) is 3.36. The van der Waals surface area contributed by atoms with Gasteiger partial charge in [-0.3, -0.25) is 4.79 Å². The summed E-state index contributed by atoms with van der Waals surface area (Å²) in [6.45, 7) is 0. The van der Waals surface area contributed by atoms with Crippen molar-refractivity contribution in [3.05, 3.63) is 105 Å². The molecule has 0 fully saturated rings. The number of rotatable bonds is 3. The first-order valence-corrected chi connectivity index (χ1v) is 9.80. The molecule has 0 unspecified atom stereocenters. The Balaban J connectivity index is 2.03. The fourth-order valence-electron chi connectivity index (χ4n) is 3.11. The Bertz CT molecular complexity index is 1100. The van der Waals surface area contributed by atoms with Crippen LogP contribution < -0.4 is 0 Å². The minimum atomic E-state index is 0.0261. The second-order valence-electron chi connectivity index (χ2n) is 6.03. The Kier molecular flexibility index (Phi) is 4.75. The molecular formula is C23H14Br2O. The van der Waals surface area contributed by atoms with Gasteiger partial charge in [-0.15, -0.1) is 0 Å². The van der Waals surface area contributed by atoms with Gasteiger partial charge < -0.3 is 0 Å². The van der Waals surface area contributed by atoms with Gasteiger partial charge in [0.25, 0.3) is 0 Å². The van der Waals surface area contributed by atoms with Crippen LogP contribution in [0.25, 0.3) is 21.9 Å². The summed E-state index contributed by atoms with van der Waals surface area (Å²) in [5.74, 6) is 0.0261. The minimum Gasteiger partial charge on any atom is -0.289 e. The summed E-state index contributed by atoms with van der Waals surface area (Å²) < 4.78 is 1.98. The van der Waals surface area contributed by atoms with Crippen LogP contribution in [0, 0.1) is 0 Å². The molecule has 0 spiro atoms. The van der Waals surface area contributed by atoms with Crippen LogP contribution in [0.4, 0.5) is 0 Å². The van der Waals surface area contributed by atoms with Gasteiger partial charge in [0.1, 0.15) is 0 Å². The van der Waals surface area contributed by atoms with E-state index in [1.165, 1.54) is 0 Å². The largest absolute Gasteiger partial charge is 0.289 e. The molecule has 0 saturated carbocycles. The third-order valence-corrected chi connectivity index (χ3v) is 5.80. The Morgan fingerprint density at radius 2 is 1.19 bits per heavy atom. The third-order valence-electron chi connectivity index (χ3n) is 4.41. The second kappa shape index (κ2) is 7.18. The highest BCUT2D eigenvalue weighted by Gasteiger charge is 2.17. The smallest absolute Gasteiger partial charge is 0.193 e. The van der Waals surface area contributed by atoms with Crippen LogP contribution in [-0.4, -0.2) is 5.78 Å². The highest BCUT2D eigenvalue weighted by molar-refractivity contribution is 9.11. The predicted molar refractivity (Wildman–Crippen MR) is 115 cm³/mol. The first-order chi connectivity index (χ1) is 12.6. The molecule has 0 amide bonds. The van der Waals surface area contributed by atoms with Crippen molar-refractivity contribution >= 4 is 48.4 Å². The number of fused-ring (bicyclic) bond motifs is 1. The van der Waals surface area contributed by atoms with Crippen LogP contribution in [0.3, 0.4) is 0 Å². The molecule has 126 valence electrons. The van der Waals surface area contributed by atoms with Crippen molar-refractivity contribution in [2.45, 2.75) is 0 Å². The molecular weight excluding hydrogens is 452 g/mol. The van der Waals surface area contributed by atoms with Crippen molar-refractivity contribution in [2.75, 3.05) is 0 Å². The first kappa shape index (κ1) is 17.2. The maximum atomic E-state index is 13.3. The van der Waals surface area contributed by atoms with E-state index in [0.717, 1.165) is 30.8 Å². The summed E-state index contributed by atoms with van der Waals surface area (Å²) in [6.07, 6.45) is 0. The van der Waals surface area contributed by atoms with Crippen LogP contribution in [-0.2, 0) is 0 Å². The summed E-state index contributed by atoms with van der Waals surface area (Å²) in [6, 6.07) is 27.5. The van der Waals surface area contributed by atoms with E-state index in [2.05, 4.69) is 37.9 Å². The Morgan fingerprint density at radius 1 is 0.654 bits per heavy atom. The van der Waals surface area contributed by atoms with Crippen molar-refractivity contribution in [3.8, 4) is 11.1 Å². The summed E-state index contributed by atoms with van der Waals surface area (Å²) in [5, 5.41) is 2.08. The van der Waals surface area contributed by atoms with Gasteiger partial charge in [-0.2, -0.15) is 0 Å². The minimum absolute atomic E-state index is 0.0261. The van der Waals surface area contributed by atoms with E-state index in [1.807, 2.05) is 78.9 Å². The van der Waals surface area contributed by atoms with Crippen LogP contribution in [0.1, 0.15) is 15.9 Å². The van der Waals surface area contributed by atoms with Crippen LogP contribution in [0.15, 0.2) is 93.9 Å². The Hall–Kier alpha value is -2.23. The van der Waals surface area contributed by atoms with Crippen molar-refractivity contribution in [1.82, 2.24) is 0 Å². The predicted octanol–water partition coefficient (Wildman–Crippen LogP) is 7.26. The molecule has 3 heteroatoms. The molecule has 0 aliphatic carbocycles. The first-order valence-electron chi connectivity index (χ1n) is 8.22. The Labute approximate surface area is 168 Å². The van der Waals surface area contributed by atoms with Crippen molar-refractivity contribution < 1.29 is 4.79 Å². The lowest BCUT2D eigenvalue weighted by molar-refractivity contribution is 0.103. The second-order valence-corrected chi connectivity index (χ2v) is 7.74. The highest BCUT2D eigenvalue weighted by Crippen LogP contribution is 2.36. The van der Waals surface area contributed by atoms with Gasteiger partial charge in [-0.1, -0.05) is 92.5 Å². The van der Waals surface area contributed by atoms with E-state index in [1.54, 1.807) is 0 Å². The molecule has 0 bridgehead atoms. The molecule has 4 aromatic rings. The van der Waals surface area contributed by atoms with Crippen molar-refractivity contribution in [1.29, 1.82) is 0 Å². The lowest BCUT2D eigenvalue weighted by Crippen LogP contribution is -2.04. The molecule has 1 nitrogen and oxygen atoms in total. The van der Waals surface area contributed by atoms with Gasteiger partial charge in [0.15, 0.2) is 5.78 Å². The van der Waals surface area contributed by atoms with Crippen LogP contribution in [0.2, 0.25) is 0 Å². The number of hydrogen-bond donors (Lipinski definition) is 0. The molecule has 26 heavy (non-hydrogen) atoms. The molecule has 0 heterocycles. The zero-order chi connectivity index (χ0) is 18.1. The standard InChI is InChI=1S/C23H14Br2O/c24-21-11-12-22(25)19-14-20(23(26)16-9-5-2-6-10-16)17(13-18(19)21)15-7-3-1-4-8-15/h1-14H. The normalized spacial score (nSPS) is 10.8. The average molecular weight is 466 g/mol. The average Bonchev–Trinajstić information content (AvgIpc) is 2.71. The summed E-state index contributed by atoms with van der Waals surface area (Å²) >= 11 is 7.26. The highest BCUT2D eigenvalue weighted by atomic mass is 79.9. The molecule has 4 rings (SSSR count). The topological polar surface area (TPSA) is 17.1 Å². The van der Waals surface area contributed by atoms with Gasteiger partial charge >= 0.3 is 0 Å². The van der Waals surface area contributed by atoms with Gasteiger partial charge in [0.05, 0.1) is 0 Å². The maximum Gasteiger partial charge on any atom is 0.193 e.